The lowest BCUT2D eigenvalue weighted by Gasteiger charge is -2.16. The largest absolute Gasteiger partial charge is 0.491 e. The fourth-order valence-electron chi connectivity index (χ4n) is 2.51. The van der Waals surface area contributed by atoms with Crippen molar-refractivity contribution in [1.82, 2.24) is 5.32 Å². The van der Waals surface area contributed by atoms with E-state index in [2.05, 4.69) is 5.32 Å². The highest BCUT2D eigenvalue weighted by Gasteiger charge is 2.10. The second kappa shape index (κ2) is 8.39. The lowest BCUT2D eigenvalue weighted by Crippen LogP contribution is -2.26. The minimum atomic E-state index is -0.0429. The van der Waals surface area contributed by atoms with Crippen LogP contribution in [0.25, 0.3) is 0 Å². The Morgan fingerprint density at radius 3 is 2.38 bits per heavy atom. The molecular weight excluding hydrogens is 300 g/mol. The van der Waals surface area contributed by atoms with Crippen LogP contribution in [-0.2, 0) is 11.2 Å². The maximum atomic E-state index is 12.1. The van der Waals surface area contributed by atoms with Gasteiger partial charge in [0.2, 0.25) is 5.91 Å². The van der Waals surface area contributed by atoms with Crippen molar-refractivity contribution in [3.05, 3.63) is 59.7 Å². The molecule has 2 aromatic carbocycles. The smallest absolute Gasteiger partial charge is 0.220 e. The second-order valence-corrected chi connectivity index (χ2v) is 6.22. The number of amides is 1. The summed E-state index contributed by atoms with van der Waals surface area (Å²) >= 11 is 0. The maximum absolute atomic E-state index is 12.1. The fraction of sp³-hybridized carbons (Fsp3) is 0.350. The maximum Gasteiger partial charge on any atom is 0.220 e. The highest BCUT2D eigenvalue weighted by molar-refractivity contribution is 5.77. The Hall–Kier alpha value is -2.49. The van der Waals surface area contributed by atoms with Crippen LogP contribution in [0.2, 0.25) is 0 Å². The van der Waals surface area contributed by atoms with Crippen molar-refractivity contribution in [1.29, 1.82) is 0 Å². The monoisotopic (exact) mass is 326 g/mol. The van der Waals surface area contributed by atoms with Gasteiger partial charge in [-0.3, -0.25) is 4.79 Å². The van der Waals surface area contributed by atoms with E-state index in [0.717, 1.165) is 22.6 Å². The Labute approximate surface area is 144 Å². The van der Waals surface area contributed by atoms with Crippen molar-refractivity contribution < 1.29 is 9.53 Å². The van der Waals surface area contributed by atoms with Crippen molar-refractivity contribution in [2.75, 3.05) is 5.73 Å². The van der Waals surface area contributed by atoms with Crippen LogP contribution >= 0.6 is 0 Å². The summed E-state index contributed by atoms with van der Waals surface area (Å²) in [5.74, 6) is 0.861. The molecule has 0 aliphatic rings. The summed E-state index contributed by atoms with van der Waals surface area (Å²) in [6.07, 6.45) is 1.22. The van der Waals surface area contributed by atoms with Gasteiger partial charge in [0, 0.05) is 12.1 Å². The van der Waals surface area contributed by atoms with Crippen LogP contribution in [-0.4, -0.2) is 12.0 Å². The number of carbonyl (C=O) groups is 1. The van der Waals surface area contributed by atoms with E-state index < -0.39 is 0 Å². The highest BCUT2D eigenvalue weighted by Crippen LogP contribution is 2.19. The quantitative estimate of drug-likeness (QED) is 0.759. The summed E-state index contributed by atoms with van der Waals surface area (Å²) in [6.45, 7) is 5.97. The molecule has 0 aliphatic carbocycles. The average molecular weight is 326 g/mol. The molecule has 1 unspecified atom stereocenters. The Morgan fingerprint density at radius 1 is 1.08 bits per heavy atom. The number of hydrogen-bond acceptors (Lipinski definition) is 3. The number of hydrogen-bond donors (Lipinski definition) is 2. The molecular formula is C20H26N2O2. The molecule has 2 aromatic rings. The zero-order valence-corrected chi connectivity index (χ0v) is 14.6. The van der Waals surface area contributed by atoms with Crippen molar-refractivity contribution in [2.24, 2.45) is 0 Å². The third kappa shape index (κ3) is 5.30. The average Bonchev–Trinajstić information content (AvgIpc) is 2.54. The first kappa shape index (κ1) is 17.9. The molecule has 3 N–H and O–H groups in total. The molecule has 0 bridgehead atoms. The number of rotatable bonds is 7. The Morgan fingerprint density at radius 2 is 1.75 bits per heavy atom. The van der Waals surface area contributed by atoms with Gasteiger partial charge in [0.25, 0.3) is 0 Å². The lowest BCUT2D eigenvalue weighted by molar-refractivity contribution is -0.121. The lowest BCUT2D eigenvalue weighted by atomic mass is 10.1. The van der Waals surface area contributed by atoms with Gasteiger partial charge in [-0.15, -0.1) is 0 Å². The number of carbonyl (C=O) groups excluding carboxylic acids is 1. The van der Waals surface area contributed by atoms with Crippen molar-refractivity contribution in [2.45, 2.75) is 45.8 Å². The fourth-order valence-corrected chi connectivity index (χ4v) is 2.51. The molecule has 4 nitrogen and oxygen atoms in total. The number of anilines is 1. The van der Waals surface area contributed by atoms with E-state index in [0.29, 0.717) is 12.8 Å². The Balaban J connectivity index is 1.86. The molecule has 0 fully saturated rings. The standard InChI is InChI=1S/C20H26N2O2/c1-14(2)24-18-11-8-16(9-12-18)15(3)22-20(23)13-10-17-6-4-5-7-19(17)21/h4-9,11-12,14-15H,10,13,21H2,1-3H3,(H,22,23). The van der Waals surface area contributed by atoms with Gasteiger partial charge in [-0.25, -0.2) is 0 Å². The summed E-state index contributed by atoms with van der Waals surface area (Å²) in [4.78, 5) is 12.1. The summed E-state index contributed by atoms with van der Waals surface area (Å²) in [5.41, 5.74) is 8.70. The number of aryl methyl sites for hydroxylation is 1. The number of benzene rings is 2. The topological polar surface area (TPSA) is 64.3 Å². The molecule has 0 spiro atoms. The minimum absolute atomic E-state index is 0.0215. The summed E-state index contributed by atoms with van der Waals surface area (Å²) in [5, 5.41) is 3.03. The number of nitrogen functional groups attached to an aromatic ring is 1. The van der Waals surface area contributed by atoms with Crippen LogP contribution in [0.5, 0.6) is 5.75 Å². The molecule has 24 heavy (non-hydrogen) atoms. The minimum Gasteiger partial charge on any atom is -0.491 e. The summed E-state index contributed by atoms with van der Waals surface area (Å²) < 4.78 is 5.63. The van der Waals surface area contributed by atoms with E-state index in [1.165, 1.54) is 0 Å². The molecule has 4 heteroatoms. The predicted octanol–water partition coefficient (Wildman–Crippen LogP) is 3.87. The zero-order chi connectivity index (χ0) is 17.5. The van der Waals surface area contributed by atoms with Gasteiger partial charge in [0.15, 0.2) is 0 Å². The SMILES string of the molecule is CC(C)Oc1ccc(C(C)NC(=O)CCc2ccccc2N)cc1. The van der Waals surface area contributed by atoms with Gasteiger partial charge in [0.1, 0.15) is 5.75 Å². The molecule has 0 aromatic heterocycles. The normalized spacial score (nSPS) is 12.0. The van der Waals surface area contributed by atoms with Crippen LogP contribution < -0.4 is 15.8 Å². The number of para-hydroxylation sites is 1. The molecule has 1 amide bonds. The van der Waals surface area contributed by atoms with E-state index in [4.69, 9.17) is 10.5 Å². The van der Waals surface area contributed by atoms with Gasteiger partial charge in [0.05, 0.1) is 12.1 Å². The molecule has 0 radical (unpaired) electrons. The first-order valence-electron chi connectivity index (χ1n) is 8.35. The first-order chi connectivity index (χ1) is 11.5. The van der Waals surface area contributed by atoms with E-state index in [9.17, 15) is 4.79 Å². The summed E-state index contributed by atoms with van der Waals surface area (Å²) in [7, 11) is 0. The molecule has 0 saturated heterocycles. The summed E-state index contributed by atoms with van der Waals surface area (Å²) in [6, 6.07) is 15.4. The van der Waals surface area contributed by atoms with E-state index in [1.54, 1.807) is 0 Å². The van der Waals surface area contributed by atoms with E-state index in [-0.39, 0.29) is 18.1 Å². The van der Waals surface area contributed by atoms with Crippen molar-refractivity contribution in [3.63, 3.8) is 0 Å². The Kier molecular flexibility index (Phi) is 6.24. The van der Waals surface area contributed by atoms with Gasteiger partial charge < -0.3 is 15.8 Å². The molecule has 1 atom stereocenters. The second-order valence-electron chi connectivity index (χ2n) is 6.22. The number of ether oxygens (including phenoxy) is 1. The first-order valence-corrected chi connectivity index (χ1v) is 8.35. The Bertz CT molecular complexity index is 666. The van der Waals surface area contributed by atoms with Crippen LogP contribution in [0.4, 0.5) is 5.69 Å². The van der Waals surface area contributed by atoms with Crippen LogP contribution in [0.1, 0.15) is 44.4 Å². The highest BCUT2D eigenvalue weighted by atomic mass is 16.5. The van der Waals surface area contributed by atoms with E-state index in [1.807, 2.05) is 69.3 Å². The molecule has 0 saturated carbocycles. The molecule has 128 valence electrons. The van der Waals surface area contributed by atoms with Crippen molar-refractivity contribution >= 4 is 11.6 Å². The molecule has 0 aliphatic heterocycles. The van der Waals surface area contributed by atoms with Crippen molar-refractivity contribution in [3.8, 4) is 5.75 Å². The van der Waals surface area contributed by atoms with E-state index >= 15 is 0 Å². The van der Waals surface area contributed by atoms with Crippen LogP contribution in [0, 0.1) is 0 Å². The predicted molar refractivity (Wildman–Crippen MR) is 97.9 cm³/mol. The van der Waals surface area contributed by atoms with Gasteiger partial charge in [-0.2, -0.15) is 0 Å². The van der Waals surface area contributed by atoms with Crippen LogP contribution in [0.15, 0.2) is 48.5 Å². The number of nitrogens with one attached hydrogen (secondary N) is 1. The van der Waals surface area contributed by atoms with Gasteiger partial charge in [-0.1, -0.05) is 30.3 Å². The van der Waals surface area contributed by atoms with Gasteiger partial charge >= 0.3 is 0 Å². The zero-order valence-electron chi connectivity index (χ0n) is 14.6. The van der Waals surface area contributed by atoms with Crippen LogP contribution in [0.3, 0.4) is 0 Å². The third-order valence-corrected chi connectivity index (χ3v) is 3.81. The molecule has 0 heterocycles. The third-order valence-electron chi connectivity index (χ3n) is 3.81. The number of nitrogens with two attached hydrogens (primary N) is 1. The molecule has 2 rings (SSSR count). The van der Waals surface area contributed by atoms with Gasteiger partial charge in [-0.05, 0) is 56.5 Å².